The largest absolute Gasteiger partial charge is 0.396 e. The minimum atomic E-state index is 0.272. The highest BCUT2D eigenvalue weighted by atomic mass is 16.3. The molecule has 0 amide bonds. The smallest absolute Gasteiger partial charge is 0.134 e. The van der Waals surface area contributed by atoms with E-state index in [0.29, 0.717) is 12.0 Å². The summed E-state index contributed by atoms with van der Waals surface area (Å²) >= 11 is 0. The van der Waals surface area contributed by atoms with Crippen molar-refractivity contribution >= 4 is 0 Å². The molecule has 1 N–H and O–H groups in total. The second-order valence-electron chi connectivity index (χ2n) is 5.85. The molecule has 0 aliphatic carbocycles. The molecule has 1 fully saturated rings. The third-order valence-corrected chi connectivity index (χ3v) is 4.72. The predicted molar refractivity (Wildman–Crippen MR) is 72.9 cm³/mol. The molecule has 2 aliphatic rings. The number of likely N-dealkylation sites (tertiary alicyclic amines) is 1. The van der Waals surface area contributed by atoms with Crippen molar-refractivity contribution in [3.8, 4) is 0 Å². The van der Waals surface area contributed by atoms with Gasteiger partial charge in [-0.3, -0.25) is 0 Å². The summed E-state index contributed by atoms with van der Waals surface area (Å²) in [5.41, 5.74) is 0. The predicted octanol–water partition coefficient (Wildman–Crippen LogP) is 0.860. The molecule has 0 spiro atoms. The van der Waals surface area contributed by atoms with E-state index < -0.39 is 0 Å². The fourth-order valence-electron chi connectivity index (χ4n) is 3.51. The van der Waals surface area contributed by atoms with Crippen LogP contribution in [0.15, 0.2) is 0 Å². The fourth-order valence-corrected chi connectivity index (χ4v) is 3.51. The number of rotatable bonds is 4. The Labute approximate surface area is 114 Å². The van der Waals surface area contributed by atoms with Crippen molar-refractivity contribution in [1.29, 1.82) is 0 Å². The highest BCUT2D eigenvalue weighted by molar-refractivity contribution is 5.03. The Morgan fingerprint density at radius 3 is 2.95 bits per heavy atom. The van der Waals surface area contributed by atoms with Gasteiger partial charge in [-0.2, -0.15) is 0 Å². The van der Waals surface area contributed by atoms with Crippen LogP contribution in [0.25, 0.3) is 0 Å². The molecule has 0 saturated carbocycles. The second kappa shape index (κ2) is 5.59. The van der Waals surface area contributed by atoms with E-state index in [4.69, 9.17) is 0 Å². The Kier molecular flexibility index (Phi) is 3.84. The average Bonchev–Trinajstić information content (AvgIpc) is 3.05. The zero-order valence-electron chi connectivity index (χ0n) is 11.8. The lowest BCUT2D eigenvalue weighted by molar-refractivity contribution is 0.197. The number of likely N-dealkylation sites (N-methyl/N-ethyl adjacent to an activating group) is 1. The van der Waals surface area contributed by atoms with Crippen molar-refractivity contribution in [2.75, 3.05) is 19.7 Å². The van der Waals surface area contributed by atoms with Crippen molar-refractivity contribution in [2.24, 2.45) is 5.92 Å². The Hall–Kier alpha value is -0.940. The lowest BCUT2D eigenvalue weighted by atomic mass is 9.98. The first kappa shape index (κ1) is 13.1. The number of aromatic nitrogens is 3. The van der Waals surface area contributed by atoms with Crippen molar-refractivity contribution in [1.82, 2.24) is 19.7 Å². The van der Waals surface area contributed by atoms with Gasteiger partial charge in [0.25, 0.3) is 0 Å². The molecule has 1 aromatic heterocycles. The van der Waals surface area contributed by atoms with Crippen LogP contribution in [0.5, 0.6) is 0 Å². The maximum absolute atomic E-state index is 9.26. The van der Waals surface area contributed by atoms with Gasteiger partial charge >= 0.3 is 0 Å². The van der Waals surface area contributed by atoms with Crippen LogP contribution in [0, 0.1) is 5.92 Å². The number of hydrogen-bond acceptors (Lipinski definition) is 4. The molecule has 0 aromatic carbocycles. The summed E-state index contributed by atoms with van der Waals surface area (Å²) in [6.45, 7) is 5.85. The van der Waals surface area contributed by atoms with Crippen LogP contribution in [-0.4, -0.2) is 50.5 Å². The van der Waals surface area contributed by atoms with E-state index in [0.717, 1.165) is 44.0 Å². The van der Waals surface area contributed by atoms with Gasteiger partial charge in [0.15, 0.2) is 0 Å². The molecule has 2 aliphatic heterocycles. The van der Waals surface area contributed by atoms with Gasteiger partial charge in [-0.1, -0.05) is 6.92 Å². The van der Waals surface area contributed by atoms with Crippen LogP contribution >= 0.6 is 0 Å². The number of aliphatic hydroxyl groups is 1. The molecule has 2 unspecified atom stereocenters. The number of hydrogen-bond donors (Lipinski definition) is 1. The minimum absolute atomic E-state index is 0.272. The number of fused-ring (bicyclic) bond motifs is 1. The molecule has 3 heterocycles. The molecule has 0 bridgehead atoms. The summed E-state index contributed by atoms with van der Waals surface area (Å²) in [6, 6.07) is 0.647. The Balaban J connectivity index is 1.71. The number of aliphatic hydroxyl groups excluding tert-OH is 1. The average molecular weight is 264 g/mol. The van der Waals surface area contributed by atoms with Crippen LogP contribution in [0.1, 0.15) is 37.8 Å². The van der Waals surface area contributed by atoms with Gasteiger partial charge in [0, 0.05) is 32.0 Å². The normalized spacial score (nSPS) is 27.7. The maximum Gasteiger partial charge on any atom is 0.134 e. The SMILES string of the molecule is CCN1CCCC1Cc1nnc2n1CCC(CO)C2. The van der Waals surface area contributed by atoms with Crippen molar-refractivity contribution < 1.29 is 5.11 Å². The van der Waals surface area contributed by atoms with Gasteiger partial charge in [0.05, 0.1) is 0 Å². The molecule has 0 radical (unpaired) electrons. The number of nitrogens with zero attached hydrogens (tertiary/aromatic N) is 4. The summed E-state index contributed by atoms with van der Waals surface area (Å²) in [7, 11) is 0. The molecular weight excluding hydrogens is 240 g/mol. The van der Waals surface area contributed by atoms with Gasteiger partial charge in [0.2, 0.25) is 0 Å². The maximum atomic E-state index is 9.26. The lowest BCUT2D eigenvalue weighted by Gasteiger charge is -2.25. The van der Waals surface area contributed by atoms with E-state index in [1.807, 2.05) is 0 Å². The molecule has 2 atom stereocenters. The van der Waals surface area contributed by atoms with Crippen molar-refractivity contribution in [3.05, 3.63) is 11.6 Å². The van der Waals surface area contributed by atoms with Crippen LogP contribution in [-0.2, 0) is 19.4 Å². The minimum Gasteiger partial charge on any atom is -0.396 e. The van der Waals surface area contributed by atoms with Crippen LogP contribution in [0.4, 0.5) is 0 Å². The van der Waals surface area contributed by atoms with Gasteiger partial charge in [-0.15, -0.1) is 10.2 Å². The third kappa shape index (κ3) is 2.54. The van der Waals surface area contributed by atoms with Crippen LogP contribution in [0.3, 0.4) is 0 Å². The Morgan fingerprint density at radius 2 is 2.16 bits per heavy atom. The van der Waals surface area contributed by atoms with E-state index in [1.165, 1.54) is 19.4 Å². The Bertz CT molecular complexity index is 431. The second-order valence-corrected chi connectivity index (χ2v) is 5.85. The lowest BCUT2D eigenvalue weighted by Crippen LogP contribution is -2.32. The van der Waals surface area contributed by atoms with Gasteiger partial charge in [-0.05, 0) is 38.3 Å². The summed E-state index contributed by atoms with van der Waals surface area (Å²) in [6.07, 6.45) is 5.56. The Morgan fingerprint density at radius 1 is 1.26 bits per heavy atom. The molecule has 106 valence electrons. The topological polar surface area (TPSA) is 54.2 Å². The molecule has 1 saturated heterocycles. The molecule has 1 aromatic rings. The molecule has 19 heavy (non-hydrogen) atoms. The monoisotopic (exact) mass is 264 g/mol. The molecule has 3 rings (SSSR count). The zero-order chi connectivity index (χ0) is 13.2. The van der Waals surface area contributed by atoms with Crippen LogP contribution in [0.2, 0.25) is 0 Å². The van der Waals surface area contributed by atoms with E-state index in [1.54, 1.807) is 0 Å². The zero-order valence-corrected chi connectivity index (χ0v) is 11.8. The molecule has 5 nitrogen and oxygen atoms in total. The standard InChI is InChI=1S/C14H24N4O/c1-2-17-6-3-4-12(17)9-14-16-15-13-8-11(10-19)5-7-18(13)14/h11-12,19H,2-10H2,1H3. The highest BCUT2D eigenvalue weighted by Gasteiger charge is 2.27. The van der Waals surface area contributed by atoms with Gasteiger partial charge in [0.1, 0.15) is 11.6 Å². The van der Waals surface area contributed by atoms with Crippen molar-refractivity contribution in [3.63, 3.8) is 0 Å². The first-order valence-corrected chi connectivity index (χ1v) is 7.57. The van der Waals surface area contributed by atoms with E-state index in [-0.39, 0.29) is 6.61 Å². The van der Waals surface area contributed by atoms with E-state index in [2.05, 4.69) is 26.6 Å². The van der Waals surface area contributed by atoms with Crippen LogP contribution < -0.4 is 0 Å². The van der Waals surface area contributed by atoms with E-state index >= 15 is 0 Å². The first-order valence-electron chi connectivity index (χ1n) is 7.57. The summed E-state index contributed by atoms with van der Waals surface area (Å²) in [5.74, 6) is 2.60. The third-order valence-electron chi connectivity index (χ3n) is 4.72. The molecular formula is C14H24N4O. The quantitative estimate of drug-likeness (QED) is 0.876. The van der Waals surface area contributed by atoms with Gasteiger partial charge < -0.3 is 14.6 Å². The molecule has 5 heteroatoms. The van der Waals surface area contributed by atoms with E-state index in [9.17, 15) is 5.11 Å². The fraction of sp³-hybridized carbons (Fsp3) is 0.857. The van der Waals surface area contributed by atoms with Crippen molar-refractivity contribution in [2.45, 2.75) is 51.6 Å². The summed E-state index contributed by atoms with van der Waals surface area (Å²) in [5, 5.41) is 18.0. The first-order chi connectivity index (χ1) is 9.31. The summed E-state index contributed by atoms with van der Waals surface area (Å²) < 4.78 is 2.29. The van der Waals surface area contributed by atoms with Gasteiger partial charge in [-0.25, -0.2) is 0 Å². The highest BCUT2D eigenvalue weighted by Crippen LogP contribution is 2.24. The summed E-state index contributed by atoms with van der Waals surface area (Å²) in [4.78, 5) is 2.56.